The van der Waals surface area contributed by atoms with E-state index in [0.29, 0.717) is 0 Å². The van der Waals surface area contributed by atoms with Gasteiger partial charge < -0.3 is 21.3 Å². The van der Waals surface area contributed by atoms with Gasteiger partial charge in [0.25, 0.3) is 0 Å². The maximum absolute atomic E-state index is 10.7. The molecule has 0 saturated carbocycles. The monoisotopic (exact) mass is 348 g/mol. The van der Waals surface area contributed by atoms with Gasteiger partial charge in [0.15, 0.2) is 0 Å². The molecule has 1 aromatic rings. The molecule has 0 atom stereocenters. The summed E-state index contributed by atoms with van der Waals surface area (Å²) in [6.45, 7) is 2.15. The summed E-state index contributed by atoms with van der Waals surface area (Å²) in [5, 5.41) is 21.3. The number of hydrogen-bond acceptors (Lipinski definition) is 4. The second-order valence-corrected chi connectivity index (χ2v) is 4.27. The normalized spacial score (nSPS) is 8.47. The van der Waals surface area contributed by atoms with Crippen LogP contribution in [0.5, 0.6) is 0 Å². The van der Waals surface area contributed by atoms with E-state index in [1.165, 1.54) is 0 Å². The molecule has 0 bridgehead atoms. The SMILES string of the molecule is CCCCc1ccccc1NC([O-])=S.NC([O-])=S.[Zn+2]. The van der Waals surface area contributed by atoms with Crippen LogP contribution in [-0.2, 0) is 25.9 Å². The number of thiocarbonyl (C=S) groups is 2. The van der Waals surface area contributed by atoms with Gasteiger partial charge in [-0.1, -0.05) is 56.0 Å². The molecule has 19 heavy (non-hydrogen) atoms. The third-order valence-corrected chi connectivity index (χ3v) is 2.16. The van der Waals surface area contributed by atoms with Crippen molar-refractivity contribution in [2.24, 2.45) is 5.73 Å². The summed E-state index contributed by atoms with van der Waals surface area (Å²) in [5.41, 5.74) is 6.29. The van der Waals surface area contributed by atoms with E-state index in [9.17, 15) is 5.11 Å². The smallest absolute Gasteiger partial charge is 0.852 e. The zero-order valence-corrected chi connectivity index (χ0v) is 15.4. The molecule has 0 unspecified atom stereocenters. The zero-order chi connectivity index (χ0) is 14.0. The Labute approximate surface area is 137 Å². The minimum Gasteiger partial charge on any atom is -0.852 e. The van der Waals surface area contributed by atoms with Crippen molar-refractivity contribution in [3.63, 3.8) is 0 Å². The topological polar surface area (TPSA) is 84.2 Å². The van der Waals surface area contributed by atoms with Crippen LogP contribution in [-0.4, -0.2) is 10.3 Å². The number of aryl methyl sites for hydroxylation is 1. The zero-order valence-electron chi connectivity index (χ0n) is 10.8. The van der Waals surface area contributed by atoms with E-state index < -0.39 is 10.3 Å². The maximum atomic E-state index is 10.7. The second kappa shape index (κ2) is 12.3. The minimum atomic E-state index is -0.750. The Balaban J connectivity index is 0. The molecule has 0 aromatic heterocycles. The summed E-state index contributed by atoms with van der Waals surface area (Å²) >= 11 is 8.24. The quantitative estimate of drug-likeness (QED) is 0.614. The third-order valence-electron chi connectivity index (χ3n) is 2.05. The number of benzene rings is 1. The molecule has 3 N–H and O–H groups in total. The fourth-order valence-electron chi connectivity index (χ4n) is 1.34. The van der Waals surface area contributed by atoms with Crippen molar-refractivity contribution in [2.75, 3.05) is 5.32 Å². The molecule has 1 aromatic carbocycles. The number of rotatable bonds is 4. The number of unbranched alkanes of at least 4 members (excludes halogenated alkanes) is 1. The summed E-state index contributed by atoms with van der Waals surface area (Å²) in [6.07, 6.45) is 3.27. The molecule has 4 nitrogen and oxygen atoms in total. The van der Waals surface area contributed by atoms with Gasteiger partial charge in [0.1, 0.15) is 0 Å². The second-order valence-electron chi connectivity index (χ2n) is 3.49. The van der Waals surface area contributed by atoms with Crippen LogP contribution >= 0.6 is 24.4 Å². The Kier molecular flexibility index (Phi) is 13.3. The molecule has 0 radical (unpaired) electrons. The van der Waals surface area contributed by atoms with Crippen LogP contribution in [0.2, 0.25) is 0 Å². The Morgan fingerprint density at radius 3 is 2.26 bits per heavy atom. The Morgan fingerprint density at radius 2 is 1.79 bits per heavy atom. The van der Waals surface area contributed by atoms with Crippen LogP contribution < -0.4 is 21.3 Å². The Bertz CT molecular complexity index is 399. The molecular weight excluding hydrogens is 334 g/mol. The molecule has 1 rings (SSSR count). The van der Waals surface area contributed by atoms with Gasteiger partial charge in [-0.15, -0.1) is 0 Å². The number of hydrogen-bond donors (Lipinski definition) is 2. The molecular formula is C12H16N2O2S2Zn. The first kappa shape index (κ1) is 20.5. The van der Waals surface area contributed by atoms with Crippen LogP contribution in [0.25, 0.3) is 0 Å². The Hall–Kier alpha value is -0.777. The van der Waals surface area contributed by atoms with E-state index in [1.807, 2.05) is 24.3 Å². The van der Waals surface area contributed by atoms with E-state index in [-0.39, 0.29) is 19.5 Å². The average molecular weight is 350 g/mol. The van der Waals surface area contributed by atoms with Crippen molar-refractivity contribution in [1.82, 2.24) is 0 Å². The van der Waals surface area contributed by atoms with Crippen molar-refractivity contribution in [2.45, 2.75) is 26.2 Å². The van der Waals surface area contributed by atoms with Crippen molar-refractivity contribution < 1.29 is 29.7 Å². The minimum absolute atomic E-state index is 0. The first-order chi connectivity index (χ1) is 8.47. The number of para-hydroxylation sites is 1. The molecule has 0 amide bonds. The van der Waals surface area contributed by atoms with Gasteiger partial charge in [-0.2, -0.15) is 0 Å². The summed E-state index contributed by atoms with van der Waals surface area (Å²) in [4.78, 5) is 0. The van der Waals surface area contributed by atoms with Crippen molar-refractivity contribution in [3.05, 3.63) is 29.8 Å². The van der Waals surface area contributed by atoms with E-state index in [4.69, 9.17) is 5.11 Å². The summed E-state index contributed by atoms with van der Waals surface area (Å²) in [7, 11) is 0. The van der Waals surface area contributed by atoms with Gasteiger partial charge in [0.2, 0.25) is 0 Å². The first-order valence-electron chi connectivity index (χ1n) is 5.49. The molecule has 0 fully saturated rings. The maximum Gasteiger partial charge on any atom is 2.00 e. The van der Waals surface area contributed by atoms with Gasteiger partial charge in [-0.25, -0.2) is 0 Å². The van der Waals surface area contributed by atoms with Crippen molar-refractivity contribution >= 4 is 40.5 Å². The van der Waals surface area contributed by atoms with Crippen LogP contribution in [0.15, 0.2) is 24.3 Å². The molecule has 100 valence electrons. The van der Waals surface area contributed by atoms with Gasteiger partial charge in [-0.05, 0) is 24.5 Å². The largest absolute Gasteiger partial charge is 2.00 e. The molecule has 0 spiro atoms. The Morgan fingerprint density at radius 1 is 1.26 bits per heavy atom. The van der Waals surface area contributed by atoms with Crippen LogP contribution in [0.4, 0.5) is 5.69 Å². The van der Waals surface area contributed by atoms with Crippen LogP contribution in [0.3, 0.4) is 0 Å². The van der Waals surface area contributed by atoms with E-state index in [2.05, 4.69) is 42.4 Å². The van der Waals surface area contributed by atoms with E-state index >= 15 is 0 Å². The predicted molar refractivity (Wildman–Crippen MR) is 78.1 cm³/mol. The van der Waals surface area contributed by atoms with E-state index in [0.717, 1.165) is 30.5 Å². The molecule has 0 aliphatic rings. The van der Waals surface area contributed by atoms with Crippen molar-refractivity contribution in [3.8, 4) is 0 Å². The van der Waals surface area contributed by atoms with Crippen LogP contribution in [0.1, 0.15) is 25.3 Å². The molecule has 7 heteroatoms. The van der Waals surface area contributed by atoms with Crippen molar-refractivity contribution in [1.29, 1.82) is 0 Å². The molecule has 0 aliphatic heterocycles. The molecule has 0 aliphatic carbocycles. The summed E-state index contributed by atoms with van der Waals surface area (Å²) < 4.78 is 0. The van der Waals surface area contributed by atoms with Gasteiger partial charge in [0, 0.05) is 16.0 Å². The fourth-order valence-corrected chi connectivity index (χ4v) is 1.45. The van der Waals surface area contributed by atoms with Gasteiger partial charge >= 0.3 is 19.5 Å². The average Bonchev–Trinajstić information content (AvgIpc) is 2.26. The number of anilines is 1. The predicted octanol–water partition coefficient (Wildman–Crippen LogP) is 0.674. The number of nitrogens with two attached hydrogens (primary N) is 1. The van der Waals surface area contributed by atoms with Gasteiger partial charge in [0.05, 0.1) is 0 Å². The fraction of sp³-hybridized carbons (Fsp3) is 0.333. The van der Waals surface area contributed by atoms with Gasteiger partial charge in [-0.3, -0.25) is 0 Å². The third kappa shape index (κ3) is 12.0. The molecule has 0 heterocycles. The summed E-state index contributed by atoms with van der Waals surface area (Å²) in [6, 6.07) is 7.78. The van der Waals surface area contributed by atoms with Crippen LogP contribution in [0, 0.1) is 0 Å². The van der Waals surface area contributed by atoms with E-state index in [1.54, 1.807) is 0 Å². The number of nitrogens with one attached hydrogen (secondary N) is 1. The standard InChI is InChI=1S/C11H15NOS.CH3NOS.Zn/c1-2-3-6-9-7-4-5-8-10(9)12-11(13)14;2-1(3)4;/h4-5,7-8H,2-3,6H2,1H3,(H2,12,13,14);(H3,2,3,4);/q;;+2/p-2. The summed E-state index contributed by atoms with van der Waals surface area (Å²) in [5.74, 6) is 0. The first-order valence-corrected chi connectivity index (χ1v) is 6.31. The molecule has 0 saturated heterocycles.